The lowest BCUT2D eigenvalue weighted by atomic mass is 9.83. The molecule has 1 aliphatic rings. The highest BCUT2D eigenvalue weighted by atomic mass is 15.2. The van der Waals surface area contributed by atoms with Gasteiger partial charge in [-0.1, -0.05) is 172 Å². The SMILES string of the molecule is CC1(C)c2ccccc2-n2c(-c3nc(-c4ccccc4)nc(-c4ccccc4)n3)c3c4ccccc4n(-c4nc(-c5ccccc5)nc(-c5ccccc5)n4)c3c21. The minimum absolute atomic E-state index is 0.422. The number of aromatic nitrogens is 8. The summed E-state index contributed by atoms with van der Waals surface area (Å²) < 4.78 is 4.60. The van der Waals surface area contributed by atoms with Crippen LogP contribution in [0.3, 0.4) is 0 Å². The Kier molecular flexibility index (Phi) is 7.34. The molecule has 5 heterocycles. The van der Waals surface area contributed by atoms with E-state index in [4.69, 9.17) is 29.9 Å². The molecule has 0 fully saturated rings. The lowest BCUT2D eigenvalue weighted by Gasteiger charge is -2.20. The lowest BCUT2D eigenvalue weighted by molar-refractivity contribution is 0.646. The zero-order valence-electron chi connectivity index (χ0n) is 31.2. The van der Waals surface area contributed by atoms with Crippen LogP contribution in [0.2, 0.25) is 0 Å². The van der Waals surface area contributed by atoms with Crippen molar-refractivity contribution in [2.75, 3.05) is 0 Å². The van der Waals surface area contributed by atoms with Gasteiger partial charge >= 0.3 is 0 Å². The van der Waals surface area contributed by atoms with E-state index in [0.29, 0.717) is 35.1 Å². The first kappa shape index (κ1) is 32.8. The molecule has 0 amide bonds. The maximum atomic E-state index is 5.32. The molecule has 8 nitrogen and oxygen atoms in total. The van der Waals surface area contributed by atoms with Crippen LogP contribution >= 0.6 is 0 Å². The number of hydrogen-bond acceptors (Lipinski definition) is 6. The summed E-state index contributed by atoms with van der Waals surface area (Å²) in [6.45, 7) is 4.60. The van der Waals surface area contributed by atoms with E-state index in [1.807, 2.05) is 121 Å². The second-order valence-electron chi connectivity index (χ2n) is 14.8. The third-order valence-corrected chi connectivity index (χ3v) is 11.0. The van der Waals surface area contributed by atoms with Crippen molar-refractivity contribution >= 4 is 21.8 Å². The Morgan fingerprint density at radius 1 is 0.404 bits per heavy atom. The van der Waals surface area contributed by atoms with Crippen LogP contribution in [0.5, 0.6) is 0 Å². The number of nitrogens with zero attached hydrogens (tertiary/aromatic N) is 8. The molecular formula is C49H34N8. The second kappa shape index (κ2) is 12.7. The van der Waals surface area contributed by atoms with Gasteiger partial charge in [0.1, 0.15) is 5.69 Å². The van der Waals surface area contributed by atoms with Crippen molar-refractivity contribution in [1.29, 1.82) is 0 Å². The van der Waals surface area contributed by atoms with E-state index in [2.05, 4.69) is 71.5 Å². The van der Waals surface area contributed by atoms with Gasteiger partial charge < -0.3 is 4.57 Å². The van der Waals surface area contributed by atoms with E-state index in [1.54, 1.807) is 0 Å². The molecule has 6 aromatic carbocycles. The molecular weight excluding hydrogens is 701 g/mol. The maximum absolute atomic E-state index is 5.32. The van der Waals surface area contributed by atoms with Crippen LogP contribution in [-0.2, 0) is 5.41 Å². The Balaban J connectivity index is 1.30. The van der Waals surface area contributed by atoms with Gasteiger partial charge in [0.15, 0.2) is 29.1 Å². The number of fused-ring (bicyclic) bond motifs is 7. The molecule has 0 bridgehead atoms. The highest BCUT2D eigenvalue weighted by Gasteiger charge is 2.43. The van der Waals surface area contributed by atoms with Gasteiger partial charge in [0.05, 0.1) is 22.4 Å². The van der Waals surface area contributed by atoms with Crippen molar-refractivity contribution in [2.24, 2.45) is 0 Å². The molecule has 11 rings (SSSR count). The second-order valence-corrected chi connectivity index (χ2v) is 14.8. The molecule has 270 valence electrons. The van der Waals surface area contributed by atoms with Crippen LogP contribution < -0.4 is 0 Å². The molecule has 0 spiro atoms. The topological polar surface area (TPSA) is 87.2 Å². The summed E-state index contributed by atoms with van der Waals surface area (Å²) in [7, 11) is 0. The Labute approximate surface area is 328 Å². The standard InChI is InChI=1S/C49H34N8/c1-49(2)36-28-16-18-30-38(36)56-41(47-52-43(31-19-7-3-8-20-31)50-44(53-47)32-21-9-4-10-22-32)39-35-27-15-17-29-37(35)57(40(39)42(49)56)48-54-45(33-23-11-5-12-24-33)51-46(55-48)34-25-13-6-14-26-34/h3-30H,1-2H3. The molecule has 0 saturated carbocycles. The summed E-state index contributed by atoms with van der Waals surface area (Å²) in [4.78, 5) is 31.3. The van der Waals surface area contributed by atoms with Gasteiger partial charge in [0.25, 0.3) is 0 Å². The van der Waals surface area contributed by atoms with Crippen molar-refractivity contribution in [3.05, 3.63) is 181 Å². The Bertz CT molecular complexity index is 3020. The van der Waals surface area contributed by atoms with Crippen LogP contribution in [0.1, 0.15) is 25.1 Å². The van der Waals surface area contributed by atoms with Crippen LogP contribution in [0, 0.1) is 0 Å². The highest BCUT2D eigenvalue weighted by molar-refractivity contribution is 6.17. The normalized spacial score (nSPS) is 12.9. The van der Waals surface area contributed by atoms with E-state index in [-0.39, 0.29) is 0 Å². The van der Waals surface area contributed by atoms with Gasteiger partial charge in [-0.15, -0.1) is 0 Å². The monoisotopic (exact) mass is 734 g/mol. The molecule has 0 saturated heterocycles. The molecule has 0 radical (unpaired) electrons. The van der Waals surface area contributed by atoms with Crippen molar-refractivity contribution in [1.82, 2.24) is 39.0 Å². The minimum Gasteiger partial charge on any atom is -0.307 e. The van der Waals surface area contributed by atoms with Gasteiger partial charge in [-0.25, -0.2) is 19.9 Å². The molecule has 10 aromatic rings. The third-order valence-electron chi connectivity index (χ3n) is 11.0. The number of rotatable bonds is 6. The largest absolute Gasteiger partial charge is 0.307 e. The summed E-state index contributed by atoms with van der Waals surface area (Å²) in [6.07, 6.45) is 0. The fraction of sp³-hybridized carbons (Fsp3) is 0.0612. The van der Waals surface area contributed by atoms with Crippen molar-refractivity contribution < 1.29 is 0 Å². The summed E-state index contributed by atoms with van der Waals surface area (Å²) >= 11 is 0. The van der Waals surface area contributed by atoms with Gasteiger partial charge in [-0.2, -0.15) is 9.97 Å². The first-order valence-corrected chi connectivity index (χ1v) is 19.1. The summed E-state index contributed by atoms with van der Waals surface area (Å²) in [5.41, 5.74) is 9.51. The van der Waals surface area contributed by atoms with E-state index in [9.17, 15) is 0 Å². The number of para-hydroxylation sites is 2. The average molecular weight is 735 g/mol. The third kappa shape index (κ3) is 5.14. The Morgan fingerprint density at radius 3 is 1.35 bits per heavy atom. The maximum Gasteiger partial charge on any atom is 0.238 e. The molecule has 8 heteroatoms. The summed E-state index contributed by atoms with van der Waals surface area (Å²) in [5, 5.41) is 2.07. The minimum atomic E-state index is -0.422. The number of benzene rings is 6. The Hall–Kier alpha value is -7.58. The van der Waals surface area contributed by atoms with E-state index in [0.717, 1.165) is 61.1 Å². The van der Waals surface area contributed by atoms with Crippen LogP contribution in [-0.4, -0.2) is 39.0 Å². The van der Waals surface area contributed by atoms with Crippen LogP contribution in [0.25, 0.3) is 90.5 Å². The van der Waals surface area contributed by atoms with Gasteiger partial charge in [0.2, 0.25) is 5.95 Å². The zero-order valence-corrected chi connectivity index (χ0v) is 31.2. The van der Waals surface area contributed by atoms with Gasteiger partial charge in [0, 0.05) is 38.4 Å². The van der Waals surface area contributed by atoms with Crippen molar-refractivity contribution in [3.8, 4) is 68.7 Å². The molecule has 0 atom stereocenters. The molecule has 0 N–H and O–H groups in total. The number of hydrogen-bond donors (Lipinski definition) is 0. The summed E-state index contributed by atoms with van der Waals surface area (Å²) in [5.74, 6) is 3.53. The molecule has 57 heavy (non-hydrogen) atoms. The molecule has 0 unspecified atom stereocenters. The fourth-order valence-electron chi connectivity index (χ4n) is 8.41. The lowest BCUT2D eigenvalue weighted by Crippen LogP contribution is -2.17. The van der Waals surface area contributed by atoms with E-state index in [1.165, 1.54) is 5.56 Å². The first-order chi connectivity index (χ1) is 28.0. The average Bonchev–Trinajstić information content (AvgIpc) is 3.88. The first-order valence-electron chi connectivity index (χ1n) is 19.1. The van der Waals surface area contributed by atoms with E-state index < -0.39 is 5.41 Å². The highest BCUT2D eigenvalue weighted by Crippen LogP contribution is 2.53. The predicted octanol–water partition coefficient (Wildman–Crippen LogP) is 10.9. The van der Waals surface area contributed by atoms with Crippen LogP contribution in [0.15, 0.2) is 170 Å². The molecule has 1 aliphatic heterocycles. The van der Waals surface area contributed by atoms with E-state index >= 15 is 0 Å². The van der Waals surface area contributed by atoms with Crippen molar-refractivity contribution in [3.63, 3.8) is 0 Å². The zero-order chi connectivity index (χ0) is 38.1. The quantitative estimate of drug-likeness (QED) is 0.169. The molecule has 0 aliphatic carbocycles. The Morgan fingerprint density at radius 2 is 0.825 bits per heavy atom. The fourth-order valence-corrected chi connectivity index (χ4v) is 8.41. The summed E-state index contributed by atoms with van der Waals surface area (Å²) in [6, 6.07) is 57.7. The predicted molar refractivity (Wildman–Crippen MR) is 226 cm³/mol. The van der Waals surface area contributed by atoms with Gasteiger partial charge in [-0.05, 0) is 17.7 Å². The van der Waals surface area contributed by atoms with Gasteiger partial charge in [-0.3, -0.25) is 4.57 Å². The molecule has 4 aromatic heterocycles. The smallest absolute Gasteiger partial charge is 0.238 e. The van der Waals surface area contributed by atoms with Crippen LogP contribution in [0.4, 0.5) is 0 Å². The van der Waals surface area contributed by atoms with Crippen molar-refractivity contribution in [2.45, 2.75) is 19.3 Å².